The first kappa shape index (κ1) is 19.0. The molecule has 0 aliphatic carbocycles. The van der Waals surface area contributed by atoms with Gasteiger partial charge in [-0.1, -0.05) is 36.4 Å². The van der Waals surface area contributed by atoms with E-state index in [0.717, 1.165) is 10.8 Å². The number of benzene rings is 2. The number of carbonyl (C=O) groups excluding carboxylic acids is 2. The summed E-state index contributed by atoms with van der Waals surface area (Å²) in [6.07, 6.45) is -0.0462. The molecule has 0 spiro atoms. The number of hydrogen-bond acceptors (Lipinski definition) is 6. The van der Waals surface area contributed by atoms with Crippen molar-refractivity contribution in [1.29, 1.82) is 0 Å². The lowest BCUT2D eigenvalue weighted by atomic mass is 10.1. The summed E-state index contributed by atoms with van der Waals surface area (Å²) in [7, 11) is 1.59. The molecule has 1 atom stereocenters. The minimum atomic E-state index is -0.750. The molecule has 9 heteroatoms. The van der Waals surface area contributed by atoms with Crippen molar-refractivity contribution in [3.05, 3.63) is 48.3 Å². The normalized spacial score (nSPS) is 15.3. The van der Waals surface area contributed by atoms with Gasteiger partial charge in [0.25, 0.3) is 5.91 Å². The average molecular weight is 395 g/mol. The van der Waals surface area contributed by atoms with E-state index >= 15 is 0 Å². The molecule has 3 aromatic rings. The van der Waals surface area contributed by atoms with E-state index in [9.17, 15) is 9.59 Å². The molecule has 0 radical (unpaired) electrons. The predicted molar refractivity (Wildman–Crippen MR) is 106 cm³/mol. The highest BCUT2D eigenvalue weighted by Crippen LogP contribution is 2.27. The molecular formula is C20H21N5O4. The van der Waals surface area contributed by atoms with Crippen molar-refractivity contribution in [2.75, 3.05) is 31.0 Å². The van der Waals surface area contributed by atoms with Crippen LogP contribution in [0, 0.1) is 0 Å². The molecule has 0 bridgehead atoms. The second kappa shape index (κ2) is 8.38. The van der Waals surface area contributed by atoms with Crippen molar-refractivity contribution < 1.29 is 19.1 Å². The first-order chi connectivity index (χ1) is 14.2. The zero-order valence-corrected chi connectivity index (χ0v) is 15.9. The van der Waals surface area contributed by atoms with Gasteiger partial charge in [0.1, 0.15) is 12.6 Å². The fraction of sp³-hybridized carbons (Fsp3) is 0.300. The molecule has 1 aliphatic rings. The van der Waals surface area contributed by atoms with Gasteiger partial charge >= 0.3 is 0 Å². The van der Waals surface area contributed by atoms with Gasteiger partial charge in [0, 0.05) is 18.2 Å². The van der Waals surface area contributed by atoms with Crippen LogP contribution in [0.1, 0.15) is 18.3 Å². The largest absolute Gasteiger partial charge is 0.382 e. The molecule has 0 fully saturated rings. The van der Waals surface area contributed by atoms with E-state index in [1.54, 1.807) is 7.11 Å². The molecule has 29 heavy (non-hydrogen) atoms. The minimum absolute atomic E-state index is 0.0462. The van der Waals surface area contributed by atoms with E-state index < -0.39 is 6.04 Å². The monoisotopic (exact) mass is 395 g/mol. The Balaban J connectivity index is 1.43. The van der Waals surface area contributed by atoms with Gasteiger partial charge in [0.05, 0.1) is 19.6 Å². The van der Waals surface area contributed by atoms with Crippen molar-refractivity contribution in [2.45, 2.75) is 19.1 Å². The van der Waals surface area contributed by atoms with E-state index in [0.29, 0.717) is 30.7 Å². The number of carbonyl (C=O) groups is 2. The third-order valence-corrected chi connectivity index (χ3v) is 4.61. The fourth-order valence-electron chi connectivity index (χ4n) is 3.23. The number of fused-ring (bicyclic) bond motifs is 2. The van der Waals surface area contributed by atoms with Gasteiger partial charge in [-0.05, 0) is 11.5 Å². The van der Waals surface area contributed by atoms with Gasteiger partial charge in [-0.2, -0.15) is 10.1 Å². The van der Waals surface area contributed by atoms with Gasteiger partial charge in [0.2, 0.25) is 11.9 Å². The lowest BCUT2D eigenvalue weighted by Crippen LogP contribution is -2.24. The molecule has 0 saturated heterocycles. The maximum Gasteiger partial charge on any atom is 0.252 e. The number of aromatic nitrogens is 3. The standard InChI is InChI=1S/C20H21N5O4/c1-28-9-10-29-12-17-22-20-23-19(27)16(25(20)24-17)11-18(26)21-15-8-4-6-13-5-2-3-7-14(13)15/h2-8,16H,9-12H2,1H3,(H,21,26)(H,22,23,24,27). The number of anilines is 2. The molecule has 1 aromatic heterocycles. The van der Waals surface area contributed by atoms with Crippen molar-refractivity contribution >= 4 is 34.2 Å². The van der Waals surface area contributed by atoms with Crippen LogP contribution in [0.5, 0.6) is 0 Å². The zero-order chi connectivity index (χ0) is 20.2. The van der Waals surface area contributed by atoms with Crippen LogP contribution in [0.2, 0.25) is 0 Å². The van der Waals surface area contributed by atoms with Crippen molar-refractivity contribution in [1.82, 2.24) is 14.8 Å². The average Bonchev–Trinajstić information content (AvgIpc) is 3.23. The van der Waals surface area contributed by atoms with Gasteiger partial charge in [-0.25, -0.2) is 4.68 Å². The van der Waals surface area contributed by atoms with Crippen LogP contribution in [-0.4, -0.2) is 46.9 Å². The molecular weight excluding hydrogens is 374 g/mol. The maximum atomic E-state index is 12.6. The van der Waals surface area contributed by atoms with Crippen LogP contribution >= 0.6 is 0 Å². The highest BCUT2D eigenvalue weighted by Gasteiger charge is 2.35. The number of hydrogen-bond donors (Lipinski definition) is 2. The van der Waals surface area contributed by atoms with Gasteiger partial charge < -0.3 is 14.8 Å². The quantitative estimate of drug-likeness (QED) is 0.566. The Labute approximate surface area is 167 Å². The Bertz CT molecular complexity index is 1040. The summed E-state index contributed by atoms with van der Waals surface area (Å²) in [5.41, 5.74) is 0.706. The topological polar surface area (TPSA) is 107 Å². The van der Waals surface area contributed by atoms with Crippen LogP contribution in [-0.2, 0) is 25.7 Å². The maximum absolute atomic E-state index is 12.6. The summed E-state index contributed by atoms with van der Waals surface area (Å²) >= 11 is 0. The number of ether oxygens (including phenoxy) is 2. The summed E-state index contributed by atoms with van der Waals surface area (Å²) in [5.74, 6) is 0.182. The van der Waals surface area contributed by atoms with E-state index in [-0.39, 0.29) is 24.8 Å². The molecule has 2 amide bonds. The minimum Gasteiger partial charge on any atom is -0.382 e. The van der Waals surface area contributed by atoms with Crippen LogP contribution < -0.4 is 10.6 Å². The molecule has 2 heterocycles. The Morgan fingerprint density at radius 3 is 2.90 bits per heavy atom. The van der Waals surface area contributed by atoms with Crippen LogP contribution in [0.4, 0.5) is 11.6 Å². The van der Waals surface area contributed by atoms with Crippen molar-refractivity contribution in [3.8, 4) is 0 Å². The van der Waals surface area contributed by atoms with Gasteiger partial charge in [-0.3, -0.25) is 14.9 Å². The highest BCUT2D eigenvalue weighted by atomic mass is 16.5. The number of amides is 2. The Hall–Kier alpha value is -3.30. The van der Waals surface area contributed by atoms with Gasteiger partial charge in [-0.15, -0.1) is 0 Å². The van der Waals surface area contributed by atoms with Crippen LogP contribution in [0.25, 0.3) is 10.8 Å². The smallest absolute Gasteiger partial charge is 0.252 e. The summed E-state index contributed by atoms with van der Waals surface area (Å²) in [6, 6.07) is 12.7. The summed E-state index contributed by atoms with van der Waals surface area (Å²) in [5, 5.41) is 11.8. The number of nitrogens with one attached hydrogen (secondary N) is 2. The number of methoxy groups -OCH3 is 1. The van der Waals surface area contributed by atoms with Crippen molar-refractivity contribution in [2.24, 2.45) is 0 Å². The molecule has 4 rings (SSSR count). The summed E-state index contributed by atoms with van der Waals surface area (Å²) in [4.78, 5) is 29.1. The van der Waals surface area contributed by atoms with Crippen molar-refractivity contribution in [3.63, 3.8) is 0 Å². The third-order valence-electron chi connectivity index (χ3n) is 4.61. The Morgan fingerprint density at radius 2 is 2.03 bits per heavy atom. The lowest BCUT2D eigenvalue weighted by molar-refractivity contribution is -0.123. The Morgan fingerprint density at radius 1 is 1.21 bits per heavy atom. The first-order valence-corrected chi connectivity index (χ1v) is 9.26. The fourth-order valence-corrected chi connectivity index (χ4v) is 3.23. The molecule has 1 unspecified atom stereocenters. The van der Waals surface area contributed by atoms with E-state index in [1.165, 1.54) is 4.68 Å². The summed E-state index contributed by atoms with van der Waals surface area (Å²) < 4.78 is 11.8. The first-order valence-electron chi connectivity index (χ1n) is 9.26. The second-order valence-corrected chi connectivity index (χ2v) is 6.63. The number of nitrogens with zero attached hydrogens (tertiary/aromatic N) is 3. The molecule has 0 saturated carbocycles. The lowest BCUT2D eigenvalue weighted by Gasteiger charge is -2.11. The van der Waals surface area contributed by atoms with E-state index in [4.69, 9.17) is 9.47 Å². The highest BCUT2D eigenvalue weighted by molar-refractivity contribution is 6.04. The molecule has 2 N–H and O–H groups in total. The summed E-state index contributed by atoms with van der Waals surface area (Å²) in [6.45, 7) is 1.10. The number of rotatable bonds is 8. The second-order valence-electron chi connectivity index (χ2n) is 6.63. The molecule has 150 valence electrons. The Kier molecular flexibility index (Phi) is 5.50. The van der Waals surface area contributed by atoms with Crippen LogP contribution in [0.15, 0.2) is 42.5 Å². The zero-order valence-electron chi connectivity index (χ0n) is 15.9. The van der Waals surface area contributed by atoms with Gasteiger partial charge in [0.15, 0.2) is 5.82 Å². The van der Waals surface area contributed by atoms with Crippen LogP contribution in [0.3, 0.4) is 0 Å². The van der Waals surface area contributed by atoms with E-state index in [2.05, 4.69) is 20.7 Å². The predicted octanol–water partition coefficient (Wildman–Crippen LogP) is 2.12. The molecule has 1 aliphatic heterocycles. The SMILES string of the molecule is COCCOCc1nc2n(n1)C(CC(=O)Nc1cccc3ccccc13)C(=O)N2. The molecule has 9 nitrogen and oxygen atoms in total. The third kappa shape index (κ3) is 4.10. The van der Waals surface area contributed by atoms with E-state index in [1.807, 2.05) is 42.5 Å². The molecule has 2 aromatic carbocycles.